The maximum Gasteiger partial charge on any atom is 0.227 e. The Labute approximate surface area is 139 Å². The molecule has 2 aromatic rings. The van der Waals surface area contributed by atoms with Crippen LogP contribution in [0.1, 0.15) is 12.8 Å². The Morgan fingerprint density at radius 2 is 1.91 bits per heavy atom. The van der Waals surface area contributed by atoms with Crippen LogP contribution in [0.15, 0.2) is 36.4 Å². The van der Waals surface area contributed by atoms with Gasteiger partial charge in [-0.1, -0.05) is 29.8 Å². The van der Waals surface area contributed by atoms with Gasteiger partial charge in [-0.25, -0.2) is 4.98 Å². The Morgan fingerprint density at radius 3 is 2.57 bits per heavy atom. The van der Waals surface area contributed by atoms with Crippen LogP contribution in [0.4, 0.5) is 17.5 Å². The minimum absolute atomic E-state index is 0.00103. The molecular formula is C16H18ClN5O. The molecule has 1 aromatic heterocycles. The van der Waals surface area contributed by atoms with Gasteiger partial charge in [0, 0.05) is 30.8 Å². The molecule has 1 aromatic carbocycles. The van der Waals surface area contributed by atoms with Gasteiger partial charge in [0.25, 0.3) is 0 Å². The van der Waals surface area contributed by atoms with Gasteiger partial charge in [0.05, 0.1) is 0 Å². The number of rotatable bonds is 3. The topological polar surface area (TPSA) is 84.1 Å². The fraction of sp³-hybridized carbons (Fsp3) is 0.312. The molecule has 2 heterocycles. The number of nitrogens with two attached hydrogens (primary N) is 1. The van der Waals surface area contributed by atoms with Crippen molar-refractivity contribution >= 4 is 35.0 Å². The van der Waals surface area contributed by atoms with E-state index < -0.39 is 0 Å². The highest BCUT2D eigenvalue weighted by Gasteiger charge is 2.26. The second-order valence-corrected chi connectivity index (χ2v) is 5.91. The van der Waals surface area contributed by atoms with Crippen molar-refractivity contribution in [3.63, 3.8) is 0 Å². The maximum absolute atomic E-state index is 12.3. The van der Waals surface area contributed by atoms with E-state index in [1.54, 1.807) is 6.07 Å². The Bertz CT molecular complexity index is 666. The van der Waals surface area contributed by atoms with Crippen LogP contribution in [0.25, 0.3) is 0 Å². The van der Waals surface area contributed by atoms with Gasteiger partial charge in [-0.15, -0.1) is 0 Å². The predicted molar refractivity (Wildman–Crippen MR) is 91.5 cm³/mol. The molecule has 0 aliphatic carbocycles. The molecule has 1 fully saturated rings. The zero-order valence-electron chi connectivity index (χ0n) is 12.6. The SMILES string of the molecule is Nc1nc(Cl)cc(N2CCC(C(=O)Nc3ccccc3)CC2)n1. The van der Waals surface area contributed by atoms with Crippen LogP contribution in [0.5, 0.6) is 0 Å². The number of aromatic nitrogens is 2. The smallest absolute Gasteiger partial charge is 0.227 e. The van der Waals surface area contributed by atoms with E-state index in [1.165, 1.54) is 0 Å². The quantitative estimate of drug-likeness (QED) is 0.844. The van der Waals surface area contributed by atoms with Crippen molar-refractivity contribution < 1.29 is 4.79 Å². The van der Waals surface area contributed by atoms with E-state index >= 15 is 0 Å². The van der Waals surface area contributed by atoms with Crippen molar-refractivity contribution in [1.82, 2.24) is 9.97 Å². The Balaban J connectivity index is 1.58. The third-order valence-corrected chi connectivity index (χ3v) is 4.12. The number of amides is 1. The summed E-state index contributed by atoms with van der Waals surface area (Å²) in [6.45, 7) is 1.47. The van der Waals surface area contributed by atoms with Crippen molar-refractivity contribution in [3.05, 3.63) is 41.6 Å². The Hall–Kier alpha value is -2.34. The normalized spacial score (nSPS) is 15.4. The lowest BCUT2D eigenvalue weighted by atomic mass is 9.96. The largest absolute Gasteiger partial charge is 0.368 e. The van der Waals surface area contributed by atoms with Gasteiger partial charge in [0.15, 0.2) is 0 Å². The number of hydrogen-bond donors (Lipinski definition) is 2. The van der Waals surface area contributed by atoms with E-state index in [4.69, 9.17) is 17.3 Å². The van der Waals surface area contributed by atoms with Gasteiger partial charge in [-0.3, -0.25) is 4.79 Å². The molecule has 0 radical (unpaired) electrons. The first-order valence-corrected chi connectivity index (χ1v) is 7.90. The molecule has 3 N–H and O–H groups in total. The molecule has 120 valence electrons. The Morgan fingerprint density at radius 1 is 1.22 bits per heavy atom. The molecule has 0 bridgehead atoms. The number of nitrogens with one attached hydrogen (secondary N) is 1. The number of benzene rings is 1. The minimum atomic E-state index is 0.00103. The number of para-hydroxylation sites is 1. The Kier molecular flexibility index (Phi) is 4.62. The molecule has 0 spiro atoms. The van der Waals surface area contributed by atoms with E-state index in [-0.39, 0.29) is 17.8 Å². The second-order valence-electron chi connectivity index (χ2n) is 5.52. The molecule has 0 saturated carbocycles. The van der Waals surface area contributed by atoms with Crippen molar-refractivity contribution in [2.45, 2.75) is 12.8 Å². The second kappa shape index (κ2) is 6.83. The zero-order chi connectivity index (χ0) is 16.2. The third-order valence-electron chi connectivity index (χ3n) is 3.93. The van der Waals surface area contributed by atoms with E-state index in [0.717, 1.165) is 31.6 Å². The summed E-state index contributed by atoms with van der Waals surface area (Å²) in [5.74, 6) is 0.943. The van der Waals surface area contributed by atoms with Crippen LogP contribution in [-0.2, 0) is 4.79 Å². The predicted octanol–water partition coefficient (Wildman–Crippen LogP) is 2.57. The van der Waals surface area contributed by atoms with Crippen LogP contribution in [0.3, 0.4) is 0 Å². The minimum Gasteiger partial charge on any atom is -0.368 e. The number of nitrogens with zero attached hydrogens (tertiary/aromatic N) is 3. The lowest BCUT2D eigenvalue weighted by Gasteiger charge is -2.32. The van der Waals surface area contributed by atoms with Gasteiger partial charge in [0.2, 0.25) is 11.9 Å². The van der Waals surface area contributed by atoms with Crippen LogP contribution >= 0.6 is 11.6 Å². The first kappa shape index (κ1) is 15.6. The molecule has 0 atom stereocenters. The lowest BCUT2D eigenvalue weighted by Crippen LogP contribution is -2.38. The highest BCUT2D eigenvalue weighted by atomic mass is 35.5. The summed E-state index contributed by atoms with van der Waals surface area (Å²) in [5.41, 5.74) is 6.46. The molecule has 1 amide bonds. The molecule has 0 unspecified atom stereocenters. The summed E-state index contributed by atoms with van der Waals surface area (Å²) in [4.78, 5) is 22.5. The maximum atomic E-state index is 12.3. The molecule has 6 nitrogen and oxygen atoms in total. The van der Waals surface area contributed by atoms with Crippen LogP contribution in [0, 0.1) is 5.92 Å². The fourth-order valence-electron chi connectivity index (χ4n) is 2.72. The molecular weight excluding hydrogens is 314 g/mol. The first-order valence-electron chi connectivity index (χ1n) is 7.53. The van der Waals surface area contributed by atoms with Gasteiger partial charge in [-0.2, -0.15) is 4.98 Å². The summed E-state index contributed by atoms with van der Waals surface area (Å²) in [6, 6.07) is 11.2. The third kappa shape index (κ3) is 3.90. The van der Waals surface area contributed by atoms with E-state index in [0.29, 0.717) is 11.0 Å². The number of piperidine rings is 1. The molecule has 1 saturated heterocycles. The standard InChI is InChI=1S/C16H18ClN5O/c17-13-10-14(21-16(18)20-13)22-8-6-11(7-9-22)15(23)19-12-4-2-1-3-5-12/h1-5,10-11H,6-9H2,(H,19,23)(H2,18,20,21). The van der Waals surface area contributed by atoms with Crippen LogP contribution < -0.4 is 16.0 Å². The first-order chi connectivity index (χ1) is 11.1. The monoisotopic (exact) mass is 331 g/mol. The summed E-state index contributed by atoms with van der Waals surface area (Å²) in [7, 11) is 0. The van der Waals surface area contributed by atoms with Gasteiger partial charge in [-0.05, 0) is 25.0 Å². The molecule has 1 aliphatic heterocycles. The lowest BCUT2D eigenvalue weighted by molar-refractivity contribution is -0.120. The molecule has 23 heavy (non-hydrogen) atoms. The van der Waals surface area contributed by atoms with Gasteiger partial charge in [0.1, 0.15) is 11.0 Å². The summed E-state index contributed by atoms with van der Waals surface area (Å²) < 4.78 is 0. The van der Waals surface area contributed by atoms with Crippen LogP contribution in [0.2, 0.25) is 5.15 Å². The van der Waals surface area contributed by atoms with Crippen molar-refractivity contribution in [3.8, 4) is 0 Å². The highest BCUT2D eigenvalue weighted by molar-refractivity contribution is 6.29. The number of halogens is 1. The summed E-state index contributed by atoms with van der Waals surface area (Å²) in [5, 5.41) is 3.29. The van der Waals surface area contributed by atoms with Crippen molar-refractivity contribution in [2.24, 2.45) is 5.92 Å². The molecule has 1 aliphatic rings. The molecule has 3 rings (SSSR count). The average molecular weight is 332 g/mol. The van der Waals surface area contributed by atoms with E-state index in [2.05, 4.69) is 20.2 Å². The number of anilines is 3. The van der Waals surface area contributed by atoms with Gasteiger partial charge < -0.3 is 16.0 Å². The number of carbonyl (C=O) groups is 1. The number of nitrogen functional groups attached to an aromatic ring is 1. The molecule has 7 heteroatoms. The van der Waals surface area contributed by atoms with E-state index in [9.17, 15) is 4.79 Å². The number of carbonyl (C=O) groups excluding carboxylic acids is 1. The van der Waals surface area contributed by atoms with E-state index in [1.807, 2.05) is 30.3 Å². The highest BCUT2D eigenvalue weighted by Crippen LogP contribution is 2.25. The van der Waals surface area contributed by atoms with Crippen molar-refractivity contribution in [2.75, 3.05) is 29.0 Å². The summed E-state index contributed by atoms with van der Waals surface area (Å²) in [6.07, 6.45) is 1.53. The van der Waals surface area contributed by atoms with Crippen molar-refractivity contribution in [1.29, 1.82) is 0 Å². The van der Waals surface area contributed by atoms with Gasteiger partial charge >= 0.3 is 0 Å². The van der Waals surface area contributed by atoms with Crippen LogP contribution in [-0.4, -0.2) is 29.0 Å². The fourth-order valence-corrected chi connectivity index (χ4v) is 2.91. The average Bonchev–Trinajstić information content (AvgIpc) is 2.55. The summed E-state index contributed by atoms with van der Waals surface area (Å²) >= 11 is 5.92. The zero-order valence-corrected chi connectivity index (χ0v) is 13.3. The number of hydrogen-bond acceptors (Lipinski definition) is 5.